The first-order valence-electron chi connectivity index (χ1n) is 10.5. The highest BCUT2D eigenvalue weighted by Gasteiger charge is 2.25. The number of halogens is 2. The van der Waals surface area contributed by atoms with Gasteiger partial charge in [0.15, 0.2) is 5.17 Å². The van der Waals surface area contributed by atoms with Crippen molar-refractivity contribution in [2.75, 3.05) is 6.61 Å². The number of aryl methyl sites for hydroxylation is 1. The van der Waals surface area contributed by atoms with Crippen LogP contribution in [0.3, 0.4) is 0 Å². The van der Waals surface area contributed by atoms with Gasteiger partial charge in [-0.2, -0.15) is 0 Å². The molecular weight excluding hydrogens is 493 g/mol. The predicted molar refractivity (Wildman–Crippen MR) is 138 cm³/mol. The van der Waals surface area contributed by atoms with Crippen LogP contribution in [0, 0.1) is 13.8 Å². The molecule has 4 rings (SSSR count). The number of esters is 1. The summed E-state index contributed by atoms with van der Waals surface area (Å²) in [5.41, 5.74) is 4.59. The average molecular weight is 514 g/mol. The summed E-state index contributed by atoms with van der Waals surface area (Å²) in [5, 5.41) is 3.92. The van der Waals surface area contributed by atoms with Crippen molar-refractivity contribution in [1.29, 1.82) is 0 Å². The molecule has 0 atom stereocenters. The summed E-state index contributed by atoms with van der Waals surface area (Å²) in [5.74, 6) is -0.601. The molecule has 1 aromatic heterocycles. The number of carbonyl (C=O) groups is 2. The van der Waals surface area contributed by atoms with E-state index in [-0.39, 0.29) is 11.9 Å². The number of carbonyl (C=O) groups excluding carboxylic acids is 2. The van der Waals surface area contributed by atoms with Crippen LogP contribution < -0.4 is 5.32 Å². The number of nitrogens with one attached hydrogen (secondary N) is 1. The zero-order valence-corrected chi connectivity index (χ0v) is 21.0. The van der Waals surface area contributed by atoms with Gasteiger partial charge in [0.2, 0.25) is 0 Å². The Hall–Kier alpha value is -3.00. The first-order chi connectivity index (χ1) is 16.3. The third-order valence-electron chi connectivity index (χ3n) is 5.18. The summed E-state index contributed by atoms with van der Waals surface area (Å²) >= 11 is 13.5. The lowest BCUT2D eigenvalue weighted by atomic mass is 10.2. The number of hydrogen-bond acceptors (Lipinski definition) is 5. The van der Waals surface area contributed by atoms with Crippen LogP contribution in [0.4, 0.5) is 5.69 Å². The molecule has 1 amide bonds. The molecule has 1 fully saturated rings. The van der Waals surface area contributed by atoms with Crippen LogP contribution >= 0.6 is 35.0 Å². The minimum absolute atomic E-state index is 0.240. The largest absolute Gasteiger partial charge is 0.462 e. The second kappa shape index (κ2) is 10.1. The van der Waals surface area contributed by atoms with E-state index in [0.29, 0.717) is 38.0 Å². The topological polar surface area (TPSA) is 72.7 Å². The van der Waals surface area contributed by atoms with E-state index in [2.05, 4.69) is 10.3 Å². The van der Waals surface area contributed by atoms with E-state index in [1.54, 1.807) is 37.3 Å². The highest BCUT2D eigenvalue weighted by Crippen LogP contribution is 2.35. The van der Waals surface area contributed by atoms with Crippen molar-refractivity contribution < 1.29 is 14.3 Å². The predicted octanol–water partition coefficient (Wildman–Crippen LogP) is 6.47. The second-order valence-electron chi connectivity index (χ2n) is 7.49. The number of ether oxygens (including phenoxy) is 1. The van der Waals surface area contributed by atoms with E-state index in [0.717, 1.165) is 22.6 Å². The van der Waals surface area contributed by atoms with Gasteiger partial charge in [0.05, 0.1) is 32.8 Å². The Morgan fingerprint density at radius 1 is 1.18 bits per heavy atom. The van der Waals surface area contributed by atoms with Gasteiger partial charge in [-0.1, -0.05) is 35.3 Å². The Kier molecular flexibility index (Phi) is 7.16. The summed E-state index contributed by atoms with van der Waals surface area (Å²) in [6, 6.07) is 14.4. The number of hydrogen-bond donors (Lipinski definition) is 1. The standard InChI is InChI=1S/C25H21Cl2N3O3S/c1-4-33-24(32)16-7-5-8-18(12-16)30-14(2)11-17(15(30)3)13-21-23(31)29-25(34-21)28-20-10-6-9-19(26)22(20)27/h5-13H,4H2,1-3H3,(H,28,29,31)/b21-13+. The first-order valence-corrected chi connectivity index (χ1v) is 12.1. The number of amidine groups is 1. The number of aliphatic imine (C=N–C) groups is 1. The molecule has 9 heteroatoms. The van der Waals surface area contributed by atoms with Crippen molar-refractivity contribution >= 4 is 63.8 Å². The molecule has 174 valence electrons. The molecule has 1 N–H and O–H groups in total. The number of benzene rings is 2. The van der Waals surface area contributed by atoms with Gasteiger partial charge in [0.25, 0.3) is 5.91 Å². The van der Waals surface area contributed by atoms with Gasteiger partial charge in [0.1, 0.15) is 0 Å². The fraction of sp³-hybridized carbons (Fsp3) is 0.160. The molecule has 1 aliphatic heterocycles. The van der Waals surface area contributed by atoms with Gasteiger partial charge in [0, 0.05) is 17.1 Å². The highest BCUT2D eigenvalue weighted by atomic mass is 35.5. The van der Waals surface area contributed by atoms with E-state index in [1.807, 2.05) is 42.7 Å². The Morgan fingerprint density at radius 3 is 2.71 bits per heavy atom. The lowest BCUT2D eigenvalue weighted by Gasteiger charge is -2.11. The SMILES string of the molecule is CCOC(=O)c1cccc(-n2c(C)cc(/C=C3/SC(=Nc4cccc(Cl)c4Cl)NC3=O)c2C)c1. The van der Waals surface area contributed by atoms with Crippen LogP contribution in [-0.2, 0) is 9.53 Å². The van der Waals surface area contributed by atoms with Crippen molar-refractivity contribution in [3.63, 3.8) is 0 Å². The minimum Gasteiger partial charge on any atom is -0.462 e. The fourth-order valence-electron chi connectivity index (χ4n) is 3.63. The highest BCUT2D eigenvalue weighted by molar-refractivity contribution is 8.18. The Balaban J connectivity index is 1.64. The number of aromatic nitrogens is 1. The average Bonchev–Trinajstić information content (AvgIpc) is 3.29. The smallest absolute Gasteiger partial charge is 0.338 e. The van der Waals surface area contributed by atoms with Gasteiger partial charge in [-0.15, -0.1) is 0 Å². The fourth-order valence-corrected chi connectivity index (χ4v) is 4.79. The van der Waals surface area contributed by atoms with Crippen molar-refractivity contribution in [2.45, 2.75) is 20.8 Å². The zero-order valence-electron chi connectivity index (χ0n) is 18.7. The Bertz CT molecular complexity index is 1360. The van der Waals surface area contributed by atoms with E-state index in [4.69, 9.17) is 27.9 Å². The second-order valence-corrected chi connectivity index (χ2v) is 9.30. The number of nitrogens with zero attached hydrogens (tertiary/aromatic N) is 2. The van der Waals surface area contributed by atoms with Crippen LogP contribution in [0.25, 0.3) is 11.8 Å². The molecule has 3 aromatic rings. The molecular formula is C25H21Cl2N3O3S. The maximum absolute atomic E-state index is 12.6. The van der Waals surface area contributed by atoms with Gasteiger partial charge in [-0.3, -0.25) is 4.79 Å². The van der Waals surface area contributed by atoms with Gasteiger partial charge >= 0.3 is 5.97 Å². The summed E-state index contributed by atoms with van der Waals surface area (Å²) in [6.45, 7) is 6.03. The molecule has 2 aromatic carbocycles. The molecule has 1 saturated heterocycles. The molecule has 0 bridgehead atoms. The molecule has 2 heterocycles. The van der Waals surface area contributed by atoms with E-state index < -0.39 is 0 Å². The van der Waals surface area contributed by atoms with Gasteiger partial charge < -0.3 is 14.6 Å². The molecule has 0 radical (unpaired) electrons. The van der Waals surface area contributed by atoms with Gasteiger partial charge in [-0.25, -0.2) is 9.79 Å². The number of thioether (sulfide) groups is 1. The first kappa shape index (κ1) is 24.1. The molecule has 0 saturated carbocycles. The summed E-state index contributed by atoms with van der Waals surface area (Å²) in [6.07, 6.45) is 1.83. The quantitative estimate of drug-likeness (QED) is 0.313. The normalized spacial score (nSPS) is 15.7. The molecule has 1 aliphatic rings. The lowest BCUT2D eigenvalue weighted by molar-refractivity contribution is -0.115. The van der Waals surface area contributed by atoms with Crippen LogP contribution in [0.1, 0.15) is 34.2 Å². The van der Waals surface area contributed by atoms with Crippen LogP contribution in [0.5, 0.6) is 0 Å². The summed E-state index contributed by atoms with van der Waals surface area (Å²) < 4.78 is 7.15. The van der Waals surface area contributed by atoms with Crippen molar-refractivity contribution in [1.82, 2.24) is 9.88 Å². The van der Waals surface area contributed by atoms with Gasteiger partial charge in [-0.05, 0) is 80.6 Å². The summed E-state index contributed by atoms with van der Waals surface area (Å²) in [4.78, 5) is 29.7. The summed E-state index contributed by atoms with van der Waals surface area (Å²) in [7, 11) is 0. The third kappa shape index (κ3) is 4.92. The molecule has 6 nitrogen and oxygen atoms in total. The number of amides is 1. The molecule has 0 spiro atoms. The Labute approximate surface area is 211 Å². The van der Waals surface area contributed by atoms with Crippen molar-refractivity contribution in [2.24, 2.45) is 4.99 Å². The third-order valence-corrected chi connectivity index (χ3v) is 6.90. The van der Waals surface area contributed by atoms with Crippen LogP contribution in [0.15, 0.2) is 58.4 Å². The van der Waals surface area contributed by atoms with Crippen LogP contribution in [-0.4, -0.2) is 28.2 Å². The lowest BCUT2D eigenvalue weighted by Crippen LogP contribution is -2.19. The Morgan fingerprint density at radius 2 is 1.94 bits per heavy atom. The minimum atomic E-state index is -0.361. The molecule has 0 unspecified atom stereocenters. The number of rotatable bonds is 5. The van der Waals surface area contributed by atoms with E-state index in [1.165, 1.54) is 11.8 Å². The zero-order chi connectivity index (χ0) is 24.4. The van der Waals surface area contributed by atoms with E-state index in [9.17, 15) is 9.59 Å². The monoisotopic (exact) mass is 513 g/mol. The van der Waals surface area contributed by atoms with Crippen molar-refractivity contribution in [3.8, 4) is 5.69 Å². The maximum atomic E-state index is 12.6. The van der Waals surface area contributed by atoms with E-state index >= 15 is 0 Å². The molecule has 34 heavy (non-hydrogen) atoms. The maximum Gasteiger partial charge on any atom is 0.338 e. The van der Waals surface area contributed by atoms with Crippen molar-refractivity contribution in [3.05, 3.63) is 86.0 Å². The molecule has 0 aliphatic carbocycles. The van der Waals surface area contributed by atoms with Crippen LogP contribution in [0.2, 0.25) is 10.0 Å².